The number of rotatable bonds is 7. The van der Waals surface area contributed by atoms with Crippen LogP contribution in [0, 0.1) is 0 Å². The van der Waals surface area contributed by atoms with E-state index in [-0.39, 0.29) is 18.1 Å². The van der Waals surface area contributed by atoms with Crippen molar-refractivity contribution >= 4 is 6.03 Å². The molecule has 1 aromatic carbocycles. The van der Waals surface area contributed by atoms with E-state index in [1.165, 1.54) is 18.4 Å². The van der Waals surface area contributed by atoms with E-state index in [4.69, 9.17) is 9.84 Å². The molecule has 1 aliphatic carbocycles. The Morgan fingerprint density at radius 2 is 2.04 bits per heavy atom. The van der Waals surface area contributed by atoms with Gasteiger partial charge in [0.25, 0.3) is 0 Å². The Labute approximate surface area is 138 Å². The van der Waals surface area contributed by atoms with Gasteiger partial charge in [0.05, 0.1) is 13.7 Å². The van der Waals surface area contributed by atoms with E-state index in [1.54, 1.807) is 12.0 Å². The molecule has 1 saturated carbocycles. The first-order valence-corrected chi connectivity index (χ1v) is 8.44. The Balaban J connectivity index is 2.14. The highest BCUT2D eigenvalue weighted by molar-refractivity contribution is 5.74. The predicted molar refractivity (Wildman–Crippen MR) is 90.9 cm³/mol. The number of benzene rings is 1. The van der Waals surface area contributed by atoms with E-state index >= 15 is 0 Å². The molecule has 0 aliphatic heterocycles. The number of carbonyl (C=O) groups is 1. The van der Waals surface area contributed by atoms with Crippen molar-refractivity contribution in [2.75, 3.05) is 33.4 Å². The van der Waals surface area contributed by atoms with Gasteiger partial charge in [-0.1, -0.05) is 31.0 Å². The molecule has 0 radical (unpaired) electrons. The molecule has 0 heterocycles. The van der Waals surface area contributed by atoms with Crippen LogP contribution in [0.5, 0.6) is 5.75 Å². The van der Waals surface area contributed by atoms with Gasteiger partial charge in [-0.25, -0.2) is 4.79 Å². The van der Waals surface area contributed by atoms with Crippen molar-refractivity contribution in [2.24, 2.45) is 0 Å². The molecule has 0 saturated heterocycles. The van der Waals surface area contributed by atoms with Gasteiger partial charge >= 0.3 is 6.03 Å². The molecule has 1 fully saturated rings. The SMILES string of the molecule is CCN(CCO)C(=O)NCC1(c2ccccc2OC)CCCC1. The van der Waals surface area contributed by atoms with E-state index in [2.05, 4.69) is 11.4 Å². The maximum atomic E-state index is 12.3. The Hall–Kier alpha value is -1.75. The first-order chi connectivity index (χ1) is 11.2. The molecule has 1 aromatic rings. The second-order valence-corrected chi connectivity index (χ2v) is 6.15. The van der Waals surface area contributed by atoms with Gasteiger partial charge in [-0.05, 0) is 25.8 Å². The minimum Gasteiger partial charge on any atom is -0.496 e. The number of likely N-dealkylation sites (N-methyl/N-ethyl adjacent to an activating group) is 1. The van der Waals surface area contributed by atoms with Gasteiger partial charge in [-0.2, -0.15) is 0 Å². The third kappa shape index (κ3) is 3.96. The number of methoxy groups -OCH3 is 1. The summed E-state index contributed by atoms with van der Waals surface area (Å²) in [6, 6.07) is 8.00. The van der Waals surface area contributed by atoms with Crippen molar-refractivity contribution < 1.29 is 14.6 Å². The number of hydrogen-bond donors (Lipinski definition) is 2. The van der Waals surface area contributed by atoms with Gasteiger partial charge < -0.3 is 20.1 Å². The fraction of sp³-hybridized carbons (Fsp3) is 0.611. The fourth-order valence-corrected chi connectivity index (χ4v) is 3.56. The number of nitrogens with zero attached hydrogens (tertiary/aromatic N) is 1. The van der Waals surface area contributed by atoms with Crippen LogP contribution in [0.15, 0.2) is 24.3 Å². The van der Waals surface area contributed by atoms with Gasteiger partial charge in [-0.3, -0.25) is 0 Å². The second-order valence-electron chi connectivity index (χ2n) is 6.15. The summed E-state index contributed by atoms with van der Waals surface area (Å²) in [5, 5.41) is 12.1. The average molecular weight is 320 g/mol. The highest BCUT2D eigenvalue weighted by Gasteiger charge is 2.38. The quantitative estimate of drug-likeness (QED) is 0.811. The molecule has 0 spiro atoms. The van der Waals surface area contributed by atoms with E-state index in [0.717, 1.165) is 18.6 Å². The number of para-hydroxylation sites is 1. The number of ether oxygens (including phenoxy) is 1. The van der Waals surface area contributed by atoms with Crippen molar-refractivity contribution in [1.82, 2.24) is 10.2 Å². The molecule has 128 valence electrons. The lowest BCUT2D eigenvalue weighted by Gasteiger charge is -2.32. The highest BCUT2D eigenvalue weighted by Crippen LogP contribution is 2.44. The van der Waals surface area contributed by atoms with Crippen molar-refractivity contribution in [2.45, 2.75) is 38.0 Å². The molecule has 2 N–H and O–H groups in total. The Morgan fingerprint density at radius 1 is 1.35 bits per heavy atom. The monoisotopic (exact) mass is 320 g/mol. The molecule has 5 nitrogen and oxygen atoms in total. The number of aliphatic hydroxyl groups is 1. The van der Waals surface area contributed by atoms with Crippen molar-refractivity contribution in [3.63, 3.8) is 0 Å². The molecular formula is C18H28N2O3. The number of carbonyl (C=O) groups excluding carboxylic acids is 1. The zero-order chi connectivity index (χ0) is 16.7. The van der Waals surface area contributed by atoms with Crippen LogP contribution in [-0.2, 0) is 5.41 Å². The third-order valence-corrected chi connectivity index (χ3v) is 4.86. The van der Waals surface area contributed by atoms with E-state index in [1.807, 2.05) is 25.1 Å². The van der Waals surface area contributed by atoms with Gasteiger partial charge in [0.1, 0.15) is 5.75 Å². The van der Waals surface area contributed by atoms with Crippen LogP contribution in [0.25, 0.3) is 0 Å². The first kappa shape index (κ1) is 17.6. The van der Waals surface area contributed by atoms with Crippen LogP contribution < -0.4 is 10.1 Å². The zero-order valence-corrected chi connectivity index (χ0v) is 14.2. The topological polar surface area (TPSA) is 61.8 Å². The maximum Gasteiger partial charge on any atom is 0.317 e. The molecule has 0 atom stereocenters. The fourth-order valence-electron chi connectivity index (χ4n) is 3.56. The number of amides is 2. The Kier molecular flexibility index (Phi) is 6.28. The summed E-state index contributed by atoms with van der Waals surface area (Å²) in [5.74, 6) is 0.895. The largest absolute Gasteiger partial charge is 0.496 e. The number of aliphatic hydroxyl groups excluding tert-OH is 1. The van der Waals surface area contributed by atoms with Crippen LogP contribution in [0.1, 0.15) is 38.2 Å². The minimum atomic E-state index is -0.109. The molecule has 0 bridgehead atoms. The summed E-state index contributed by atoms with van der Waals surface area (Å²) < 4.78 is 5.54. The summed E-state index contributed by atoms with van der Waals surface area (Å²) in [7, 11) is 1.69. The molecule has 2 rings (SSSR count). The summed E-state index contributed by atoms with van der Waals surface area (Å²) in [5.41, 5.74) is 1.13. The molecule has 5 heteroatoms. The average Bonchev–Trinajstić information content (AvgIpc) is 3.07. The Bertz CT molecular complexity index is 513. The van der Waals surface area contributed by atoms with Crippen LogP contribution in [0.4, 0.5) is 4.79 Å². The van der Waals surface area contributed by atoms with Gasteiger partial charge in [-0.15, -0.1) is 0 Å². The van der Waals surface area contributed by atoms with E-state index < -0.39 is 0 Å². The van der Waals surface area contributed by atoms with Crippen LogP contribution in [-0.4, -0.2) is 49.4 Å². The van der Waals surface area contributed by atoms with E-state index in [9.17, 15) is 4.79 Å². The highest BCUT2D eigenvalue weighted by atomic mass is 16.5. The molecule has 2 amide bonds. The lowest BCUT2D eigenvalue weighted by Crippen LogP contribution is -2.46. The van der Waals surface area contributed by atoms with Crippen LogP contribution in [0.3, 0.4) is 0 Å². The van der Waals surface area contributed by atoms with Crippen molar-refractivity contribution in [1.29, 1.82) is 0 Å². The van der Waals surface area contributed by atoms with Crippen molar-refractivity contribution in [3.8, 4) is 5.75 Å². The molecular weight excluding hydrogens is 292 g/mol. The van der Waals surface area contributed by atoms with Crippen molar-refractivity contribution in [3.05, 3.63) is 29.8 Å². The van der Waals surface area contributed by atoms with Gasteiger partial charge in [0, 0.05) is 30.6 Å². The first-order valence-electron chi connectivity index (χ1n) is 8.44. The summed E-state index contributed by atoms with van der Waals surface area (Å²) in [6.07, 6.45) is 4.45. The molecule has 23 heavy (non-hydrogen) atoms. The summed E-state index contributed by atoms with van der Waals surface area (Å²) >= 11 is 0. The smallest absolute Gasteiger partial charge is 0.317 e. The molecule has 1 aliphatic rings. The van der Waals surface area contributed by atoms with Crippen LogP contribution in [0.2, 0.25) is 0 Å². The zero-order valence-electron chi connectivity index (χ0n) is 14.2. The third-order valence-electron chi connectivity index (χ3n) is 4.86. The van der Waals surface area contributed by atoms with Gasteiger partial charge in [0.2, 0.25) is 0 Å². The van der Waals surface area contributed by atoms with Gasteiger partial charge in [0.15, 0.2) is 0 Å². The molecule has 0 unspecified atom stereocenters. The summed E-state index contributed by atoms with van der Waals surface area (Å²) in [6.45, 7) is 3.46. The summed E-state index contributed by atoms with van der Waals surface area (Å²) in [4.78, 5) is 14.0. The normalized spacial score (nSPS) is 16.1. The lowest BCUT2D eigenvalue weighted by molar-refractivity contribution is 0.177. The number of hydrogen-bond acceptors (Lipinski definition) is 3. The number of urea groups is 1. The second kappa shape index (κ2) is 8.20. The lowest BCUT2D eigenvalue weighted by atomic mass is 9.78. The standard InChI is InChI=1S/C18H28N2O3/c1-3-20(12-13-21)17(22)19-14-18(10-6-7-11-18)15-8-4-5-9-16(15)23-2/h4-5,8-9,21H,3,6-7,10-14H2,1-2H3,(H,19,22). The minimum absolute atomic E-state index is 0.0150. The van der Waals surface area contributed by atoms with E-state index in [0.29, 0.717) is 19.6 Å². The Morgan fingerprint density at radius 3 is 2.65 bits per heavy atom. The molecule has 0 aromatic heterocycles. The van der Waals surface area contributed by atoms with Crippen LogP contribution >= 0.6 is 0 Å². The number of nitrogens with one attached hydrogen (secondary N) is 1. The predicted octanol–water partition coefficient (Wildman–Crippen LogP) is 2.53. The maximum absolute atomic E-state index is 12.3.